The molecule has 22 heavy (non-hydrogen) atoms. The van der Waals surface area contributed by atoms with Gasteiger partial charge in [0.1, 0.15) is 5.82 Å². The molecule has 0 N–H and O–H groups in total. The highest BCUT2D eigenvalue weighted by Gasteiger charge is 2.36. The lowest BCUT2D eigenvalue weighted by atomic mass is 9.93. The molecular weight excluding hydrogens is 320 g/mol. The van der Waals surface area contributed by atoms with Gasteiger partial charge in [0.05, 0.1) is 5.56 Å². The number of halogens is 5. The van der Waals surface area contributed by atoms with E-state index in [9.17, 15) is 17.6 Å². The zero-order valence-corrected chi connectivity index (χ0v) is 12.4. The Hall–Kier alpha value is -1.56. The Kier molecular flexibility index (Phi) is 3.67. The lowest BCUT2D eigenvalue weighted by Gasteiger charge is -2.31. The van der Waals surface area contributed by atoms with Gasteiger partial charge in [-0.05, 0) is 36.1 Å². The second-order valence-corrected chi connectivity index (χ2v) is 5.83. The number of hydrogen-bond acceptors (Lipinski definition) is 2. The largest absolute Gasteiger partial charge is 0.416 e. The summed E-state index contributed by atoms with van der Waals surface area (Å²) in [5, 5.41) is 0. The van der Waals surface area contributed by atoms with Gasteiger partial charge in [0.15, 0.2) is 5.62 Å². The number of likely N-dealkylation sites (N-methyl/N-ethyl adjacent to an activating group) is 1. The van der Waals surface area contributed by atoms with Crippen LogP contribution in [0.4, 0.5) is 17.6 Å². The molecular formula is C15H13ClF4N2. The van der Waals surface area contributed by atoms with Crippen LogP contribution in [-0.2, 0) is 6.18 Å². The standard InChI is InChI=1S/C15H13ClF4N2/c1-22-13-8(7-21-14(22)16)2-4-11(13)10-5-3-9(6-12(10)17)15(18,19)20/h3,5-7,11,14H,2,4H2,1H3. The van der Waals surface area contributed by atoms with Crippen molar-refractivity contribution in [3.05, 3.63) is 46.4 Å². The molecule has 0 aromatic heterocycles. The van der Waals surface area contributed by atoms with E-state index in [1.165, 1.54) is 6.07 Å². The van der Waals surface area contributed by atoms with Crippen molar-refractivity contribution >= 4 is 17.8 Å². The lowest BCUT2D eigenvalue weighted by Crippen LogP contribution is -2.30. The first kappa shape index (κ1) is 15.3. The molecule has 0 fully saturated rings. The first-order valence-electron chi connectivity index (χ1n) is 6.79. The van der Waals surface area contributed by atoms with Crippen LogP contribution in [0.3, 0.4) is 0 Å². The highest BCUT2D eigenvalue weighted by atomic mass is 35.5. The van der Waals surface area contributed by atoms with Crippen molar-refractivity contribution in [1.29, 1.82) is 0 Å². The minimum atomic E-state index is -4.55. The van der Waals surface area contributed by atoms with E-state index in [1.54, 1.807) is 18.2 Å². The second kappa shape index (κ2) is 5.26. The molecule has 118 valence electrons. The maximum Gasteiger partial charge on any atom is 0.416 e. The van der Waals surface area contributed by atoms with Gasteiger partial charge in [-0.2, -0.15) is 13.2 Å². The van der Waals surface area contributed by atoms with Crippen molar-refractivity contribution < 1.29 is 17.6 Å². The summed E-state index contributed by atoms with van der Waals surface area (Å²) >= 11 is 6.06. The summed E-state index contributed by atoms with van der Waals surface area (Å²) in [7, 11) is 1.75. The summed E-state index contributed by atoms with van der Waals surface area (Å²) in [5.41, 5.74) is 0.521. The van der Waals surface area contributed by atoms with Crippen LogP contribution in [-0.4, -0.2) is 23.8 Å². The number of rotatable bonds is 1. The Morgan fingerprint density at radius 2 is 2.05 bits per heavy atom. The number of allylic oxidation sites excluding steroid dienone is 2. The number of nitrogens with zero attached hydrogens (tertiary/aromatic N) is 2. The van der Waals surface area contributed by atoms with Gasteiger partial charge in [0.25, 0.3) is 0 Å². The van der Waals surface area contributed by atoms with Gasteiger partial charge >= 0.3 is 6.18 Å². The number of benzene rings is 1. The van der Waals surface area contributed by atoms with Gasteiger partial charge in [-0.1, -0.05) is 17.7 Å². The fraction of sp³-hybridized carbons (Fsp3) is 0.400. The summed E-state index contributed by atoms with van der Waals surface area (Å²) in [4.78, 5) is 5.86. The van der Waals surface area contributed by atoms with Crippen LogP contribution in [0, 0.1) is 5.82 Å². The third-order valence-corrected chi connectivity index (χ3v) is 4.52. The van der Waals surface area contributed by atoms with Crippen molar-refractivity contribution in [2.75, 3.05) is 7.05 Å². The van der Waals surface area contributed by atoms with Crippen molar-refractivity contribution in [1.82, 2.24) is 4.90 Å². The lowest BCUT2D eigenvalue weighted by molar-refractivity contribution is -0.137. The van der Waals surface area contributed by atoms with Crippen LogP contribution in [0.5, 0.6) is 0 Å². The van der Waals surface area contributed by atoms with Crippen LogP contribution < -0.4 is 0 Å². The summed E-state index contributed by atoms with van der Waals surface area (Å²) < 4.78 is 52.1. The van der Waals surface area contributed by atoms with Crippen LogP contribution >= 0.6 is 11.6 Å². The molecule has 1 aliphatic carbocycles. The fourth-order valence-corrected chi connectivity index (χ4v) is 3.21. The maximum atomic E-state index is 14.2. The van der Waals surface area contributed by atoms with E-state index in [2.05, 4.69) is 4.99 Å². The van der Waals surface area contributed by atoms with E-state index < -0.39 is 23.2 Å². The average Bonchev–Trinajstić information content (AvgIpc) is 2.86. The highest BCUT2D eigenvalue weighted by Crippen LogP contribution is 2.44. The first-order valence-corrected chi connectivity index (χ1v) is 7.22. The third kappa shape index (κ3) is 2.49. The van der Waals surface area contributed by atoms with Gasteiger partial charge in [0, 0.05) is 24.9 Å². The van der Waals surface area contributed by atoms with Crippen LogP contribution in [0.1, 0.15) is 29.9 Å². The molecule has 2 aliphatic rings. The Bertz CT molecular complexity index is 666. The molecule has 3 rings (SSSR count). The molecule has 2 unspecified atom stereocenters. The monoisotopic (exact) mass is 332 g/mol. The molecule has 1 heterocycles. The van der Waals surface area contributed by atoms with Crippen molar-refractivity contribution in [3.63, 3.8) is 0 Å². The SMILES string of the molecule is CN1C2=C(C=NC1Cl)CCC2c1ccc(C(F)(F)F)cc1F. The van der Waals surface area contributed by atoms with E-state index in [0.29, 0.717) is 18.9 Å². The van der Waals surface area contributed by atoms with E-state index in [1.807, 2.05) is 0 Å². The average molecular weight is 333 g/mol. The molecule has 2 atom stereocenters. The van der Waals surface area contributed by atoms with Crippen molar-refractivity contribution in [2.45, 2.75) is 30.6 Å². The minimum Gasteiger partial charge on any atom is -0.343 e. The molecule has 0 saturated carbocycles. The molecule has 0 spiro atoms. The molecule has 0 radical (unpaired) electrons. The second-order valence-electron chi connectivity index (χ2n) is 5.44. The number of aliphatic imine (C=N–C) groups is 1. The van der Waals surface area contributed by atoms with E-state index >= 15 is 0 Å². The van der Waals surface area contributed by atoms with Gasteiger partial charge in [-0.15, -0.1) is 0 Å². The Morgan fingerprint density at radius 3 is 2.68 bits per heavy atom. The van der Waals surface area contributed by atoms with Gasteiger partial charge in [0.2, 0.25) is 0 Å². The summed E-state index contributed by atoms with van der Waals surface area (Å²) in [6.07, 6.45) is -1.53. The quantitative estimate of drug-likeness (QED) is 0.419. The smallest absolute Gasteiger partial charge is 0.343 e. The van der Waals surface area contributed by atoms with E-state index in [4.69, 9.17) is 11.6 Å². The van der Waals surface area contributed by atoms with E-state index in [-0.39, 0.29) is 11.5 Å². The van der Waals surface area contributed by atoms with Crippen molar-refractivity contribution in [3.8, 4) is 0 Å². The Morgan fingerprint density at radius 1 is 1.32 bits per heavy atom. The molecule has 1 aliphatic heterocycles. The molecule has 0 amide bonds. The van der Waals surface area contributed by atoms with E-state index in [0.717, 1.165) is 17.3 Å². The zero-order chi connectivity index (χ0) is 16.1. The first-order chi connectivity index (χ1) is 10.3. The molecule has 1 aromatic rings. The summed E-state index contributed by atoms with van der Waals surface area (Å²) in [6.45, 7) is 0. The predicted octanol–water partition coefficient (Wildman–Crippen LogP) is 4.51. The summed E-state index contributed by atoms with van der Waals surface area (Å²) in [6, 6.07) is 2.70. The van der Waals surface area contributed by atoms with Crippen LogP contribution in [0.2, 0.25) is 0 Å². The van der Waals surface area contributed by atoms with Gasteiger partial charge in [-0.3, -0.25) is 4.99 Å². The molecule has 0 bridgehead atoms. The maximum absolute atomic E-state index is 14.2. The highest BCUT2D eigenvalue weighted by molar-refractivity contribution is 6.21. The van der Waals surface area contributed by atoms with Gasteiger partial charge < -0.3 is 4.90 Å². The molecule has 2 nitrogen and oxygen atoms in total. The van der Waals surface area contributed by atoms with Crippen LogP contribution in [0.25, 0.3) is 0 Å². The number of alkyl halides is 4. The van der Waals surface area contributed by atoms with Gasteiger partial charge in [-0.25, -0.2) is 4.39 Å². The minimum absolute atomic E-state index is 0.268. The Balaban J connectivity index is 1.99. The topological polar surface area (TPSA) is 15.6 Å². The number of hydrogen-bond donors (Lipinski definition) is 0. The predicted molar refractivity (Wildman–Crippen MR) is 76.3 cm³/mol. The molecule has 0 saturated heterocycles. The third-order valence-electron chi connectivity index (χ3n) is 4.12. The van der Waals surface area contributed by atoms with Crippen LogP contribution in [0.15, 0.2) is 34.5 Å². The summed E-state index contributed by atoms with van der Waals surface area (Å²) in [5.74, 6) is -1.13. The molecule has 7 heteroatoms. The fourth-order valence-electron chi connectivity index (χ4n) is 3.05. The normalized spacial score (nSPS) is 24.9. The zero-order valence-electron chi connectivity index (χ0n) is 11.7. The van der Waals surface area contributed by atoms with Crippen molar-refractivity contribution in [2.24, 2.45) is 4.99 Å². The Labute approximate surface area is 130 Å². The molecule has 1 aromatic carbocycles.